The summed E-state index contributed by atoms with van der Waals surface area (Å²) >= 11 is 0. The van der Waals surface area contributed by atoms with Gasteiger partial charge in [0.1, 0.15) is 25.1 Å². The number of nitrogens with one attached hydrogen (secondary N) is 1. The number of rotatable bonds is 21. The molecule has 1 fully saturated rings. The maximum Gasteiger partial charge on any atom is 0.325 e. The zero-order valence-electron chi connectivity index (χ0n) is 22.9. The number of unbranched alkanes of at least 4 members (excludes halogenated alkanes) is 12. The van der Waals surface area contributed by atoms with Gasteiger partial charge in [0.15, 0.2) is 17.7 Å². The Labute approximate surface area is 226 Å². The number of carbonyl (C=O) groups excluding carboxylic acids is 2. The first-order chi connectivity index (χ1) is 18.3. The predicted molar refractivity (Wildman–Crippen MR) is 142 cm³/mol. The summed E-state index contributed by atoms with van der Waals surface area (Å²) in [5.41, 5.74) is 4.52. The Hall–Kier alpha value is -1.60. The lowest BCUT2D eigenvalue weighted by Gasteiger charge is -2.36. The third-order valence-electron chi connectivity index (χ3n) is 7.19. The lowest BCUT2D eigenvalue weighted by Crippen LogP contribution is -2.66. The number of hydrogen-bond donors (Lipinski definition) is 5. The van der Waals surface area contributed by atoms with Crippen molar-refractivity contribution < 1.29 is 39.1 Å². The van der Waals surface area contributed by atoms with Crippen LogP contribution < -0.4 is 11.1 Å². The normalized spacial score (nSPS) is 27.2. The van der Waals surface area contributed by atoms with Gasteiger partial charge >= 0.3 is 6.03 Å². The van der Waals surface area contributed by atoms with Crippen LogP contribution in [0.1, 0.15) is 89.9 Å². The Morgan fingerprint density at radius 3 is 2.05 bits per heavy atom. The van der Waals surface area contributed by atoms with E-state index in [1.807, 2.05) is 0 Å². The van der Waals surface area contributed by atoms with Crippen molar-refractivity contribution in [1.29, 1.82) is 0 Å². The predicted octanol–water partition coefficient (Wildman–Crippen LogP) is 2.27. The van der Waals surface area contributed by atoms with Crippen LogP contribution in [0.25, 0.3) is 0 Å². The van der Waals surface area contributed by atoms with Crippen LogP contribution >= 0.6 is 0 Å². The van der Waals surface area contributed by atoms with Crippen molar-refractivity contribution >= 4 is 11.8 Å². The highest BCUT2D eigenvalue weighted by molar-refractivity contribution is 5.95. The van der Waals surface area contributed by atoms with Crippen molar-refractivity contribution in [2.75, 3.05) is 27.1 Å². The Balaban J connectivity index is 1.50. The fraction of sp³-hybridized carbons (Fsp3) is 0.852. The van der Waals surface area contributed by atoms with E-state index in [2.05, 4.69) is 5.32 Å². The van der Waals surface area contributed by atoms with E-state index < -0.39 is 42.8 Å². The van der Waals surface area contributed by atoms with E-state index in [9.17, 15) is 24.9 Å². The topological polar surface area (TPSA) is 164 Å². The minimum Gasteiger partial charge on any atom is -0.394 e. The Morgan fingerprint density at radius 2 is 1.55 bits per heavy atom. The van der Waals surface area contributed by atoms with Gasteiger partial charge in [0.05, 0.1) is 6.61 Å². The monoisotopic (exact) mass is 543 g/mol. The second-order valence-electron chi connectivity index (χ2n) is 10.3. The molecule has 1 unspecified atom stereocenters. The third-order valence-corrected chi connectivity index (χ3v) is 7.19. The summed E-state index contributed by atoms with van der Waals surface area (Å²) in [5.74, 6) is -0.287. The van der Waals surface area contributed by atoms with Crippen LogP contribution in [0.3, 0.4) is 0 Å². The summed E-state index contributed by atoms with van der Waals surface area (Å²) in [6.45, 7) is 0.664. The Kier molecular flexibility index (Phi) is 15.3. The maximum atomic E-state index is 12.7. The van der Waals surface area contributed by atoms with Crippen LogP contribution in [-0.4, -0.2) is 89.4 Å². The number of methoxy groups -OCH3 is 1. The molecular weight excluding hydrogens is 494 g/mol. The summed E-state index contributed by atoms with van der Waals surface area (Å²) in [6.07, 6.45) is 13.0. The molecule has 11 heteroatoms. The minimum absolute atomic E-state index is 0.257. The molecular formula is C27H49N3O8. The number of urea groups is 1. The molecule has 0 aromatic heterocycles. The summed E-state index contributed by atoms with van der Waals surface area (Å²) < 4.78 is 15.5. The molecule has 2 amide bonds. The largest absolute Gasteiger partial charge is 0.394 e. The molecule has 6 N–H and O–H groups in total. The summed E-state index contributed by atoms with van der Waals surface area (Å²) in [6, 6.07) is -0.717. The van der Waals surface area contributed by atoms with Crippen LogP contribution in [0, 0.1) is 0 Å². The Bertz CT molecular complexity index is 724. The summed E-state index contributed by atoms with van der Waals surface area (Å²) in [7, 11) is 1.64. The van der Waals surface area contributed by atoms with E-state index in [0.717, 1.165) is 37.2 Å². The summed E-state index contributed by atoms with van der Waals surface area (Å²) in [5, 5.41) is 31.8. The molecule has 2 heterocycles. The average Bonchev–Trinajstić information content (AvgIpc) is 3.19. The van der Waals surface area contributed by atoms with Crippen molar-refractivity contribution in [2.45, 2.75) is 120 Å². The van der Waals surface area contributed by atoms with Gasteiger partial charge < -0.3 is 34.8 Å². The number of aliphatic hydroxyl groups is 3. The van der Waals surface area contributed by atoms with Crippen molar-refractivity contribution in [1.82, 2.24) is 10.2 Å². The van der Waals surface area contributed by atoms with Crippen molar-refractivity contribution in [2.24, 2.45) is 5.73 Å². The molecule has 11 nitrogen and oxygen atoms in total. The number of nitrogens with two attached hydrogens (primary N) is 1. The van der Waals surface area contributed by atoms with E-state index in [1.54, 1.807) is 7.11 Å². The lowest BCUT2D eigenvalue weighted by molar-refractivity contribution is -0.124. The average molecular weight is 544 g/mol. The molecule has 220 valence electrons. The van der Waals surface area contributed by atoms with Gasteiger partial charge in [-0.25, -0.2) is 4.79 Å². The number of hydrogen-bond acceptors (Lipinski definition) is 9. The van der Waals surface area contributed by atoms with Gasteiger partial charge in [-0.2, -0.15) is 0 Å². The lowest BCUT2D eigenvalue weighted by atomic mass is 9.98. The number of Topliss-reactive ketones (excluding diaryl/α,β-unsaturated/α-hetero) is 1. The molecule has 0 aromatic rings. The fourth-order valence-electron chi connectivity index (χ4n) is 4.80. The van der Waals surface area contributed by atoms with Gasteiger partial charge in [-0.15, -0.1) is 0 Å². The molecule has 2 aliphatic rings. The van der Waals surface area contributed by atoms with Crippen LogP contribution in [0.5, 0.6) is 0 Å². The molecule has 0 spiro atoms. The quantitative estimate of drug-likeness (QED) is 0.108. The fourth-order valence-corrected chi connectivity index (χ4v) is 4.80. The van der Waals surface area contributed by atoms with Crippen LogP contribution in [0.4, 0.5) is 4.79 Å². The smallest absolute Gasteiger partial charge is 0.325 e. The van der Waals surface area contributed by atoms with E-state index in [1.165, 1.54) is 63.6 Å². The first-order valence-corrected chi connectivity index (χ1v) is 14.1. The van der Waals surface area contributed by atoms with E-state index >= 15 is 0 Å². The van der Waals surface area contributed by atoms with Gasteiger partial charge in [0.2, 0.25) is 0 Å². The van der Waals surface area contributed by atoms with Crippen molar-refractivity contribution in [3.05, 3.63) is 12.3 Å². The molecule has 5 atom stereocenters. The van der Waals surface area contributed by atoms with Crippen molar-refractivity contribution in [3.63, 3.8) is 0 Å². The summed E-state index contributed by atoms with van der Waals surface area (Å²) in [4.78, 5) is 26.3. The molecule has 0 aromatic carbocycles. The molecule has 0 radical (unpaired) electrons. The number of ether oxygens (including phenoxy) is 3. The maximum absolute atomic E-state index is 12.7. The number of ketones is 1. The second-order valence-corrected chi connectivity index (χ2v) is 10.3. The zero-order valence-corrected chi connectivity index (χ0v) is 22.9. The van der Waals surface area contributed by atoms with Gasteiger partial charge in [-0.05, 0) is 18.9 Å². The molecule has 38 heavy (non-hydrogen) atoms. The zero-order chi connectivity index (χ0) is 27.8. The Morgan fingerprint density at radius 1 is 1.00 bits per heavy atom. The SMILES string of the molecule is COCOCCCCCCCCCCCCCCCC(=O)C1(N)C=CN([C@@H]2O[C@H](CO)[C@@H](O)[C@@H]2O)C(=O)N1. The van der Waals surface area contributed by atoms with Gasteiger partial charge in [0.25, 0.3) is 0 Å². The number of amides is 2. The highest BCUT2D eigenvalue weighted by Crippen LogP contribution is 2.26. The minimum atomic E-state index is -1.62. The highest BCUT2D eigenvalue weighted by Gasteiger charge is 2.48. The standard InChI is InChI=1S/C27H49N3O8/c1-36-20-37-18-14-12-10-8-6-4-2-3-5-7-9-11-13-15-22(32)27(28)16-17-30(26(35)29-27)25-24(34)23(33)21(19-31)38-25/h16-17,21,23-25,31,33-34H,2-15,18-20,28H2,1H3,(H,29,35)/t21-,23-,24+,25-,27?/m1/s1. The van der Waals surface area contributed by atoms with Gasteiger partial charge in [-0.1, -0.05) is 70.6 Å². The third kappa shape index (κ3) is 10.5. The molecule has 0 aliphatic carbocycles. The number of aliphatic hydroxyl groups excluding tert-OH is 3. The molecule has 0 bridgehead atoms. The van der Waals surface area contributed by atoms with Gasteiger partial charge in [-0.3, -0.25) is 15.4 Å². The highest BCUT2D eigenvalue weighted by atomic mass is 16.7. The van der Waals surface area contributed by atoms with Crippen LogP contribution in [-0.2, 0) is 19.0 Å². The van der Waals surface area contributed by atoms with Crippen LogP contribution in [0.15, 0.2) is 12.3 Å². The number of nitrogens with zero attached hydrogens (tertiary/aromatic N) is 1. The molecule has 2 rings (SSSR count). The molecule has 0 saturated carbocycles. The number of carbonyl (C=O) groups is 2. The van der Waals surface area contributed by atoms with E-state index in [4.69, 9.17) is 19.9 Å². The van der Waals surface area contributed by atoms with E-state index in [-0.39, 0.29) is 12.2 Å². The molecule has 1 saturated heterocycles. The first-order valence-electron chi connectivity index (χ1n) is 14.1. The molecule has 2 aliphatic heterocycles. The second kappa shape index (κ2) is 17.9. The first kappa shape index (κ1) is 32.6. The van der Waals surface area contributed by atoms with Gasteiger partial charge in [0, 0.05) is 26.3 Å². The van der Waals surface area contributed by atoms with Crippen molar-refractivity contribution in [3.8, 4) is 0 Å². The van der Waals surface area contributed by atoms with E-state index in [0.29, 0.717) is 13.2 Å². The van der Waals surface area contributed by atoms with Crippen LogP contribution in [0.2, 0.25) is 0 Å².